The van der Waals surface area contributed by atoms with Crippen molar-refractivity contribution in [3.8, 4) is 0 Å². The van der Waals surface area contributed by atoms with Gasteiger partial charge in [-0.3, -0.25) is 4.79 Å². The molecule has 0 saturated heterocycles. The number of amides is 1. The highest BCUT2D eigenvalue weighted by atomic mass is 32.1. The normalized spacial score (nSPS) is 10.9. The van der Waals surface area contributed by atoms with Crippen LogP contribution in [0.4, 0.5) is 5.69 Å². The number of carbonyl (C=O) groups excluding carboxylic acids is 1. The van der Waals surface area contributed by atoms with Crippen LogP contribution in [-0.2, 0) is 11.3 Å². The average Bonchev–Trinajstić information content (AvgIpc) is 3.06. The molecule has 0 spiro atoms. The van der Waals surface area contributed by atoms with Gasteiger partial charge in [0.2, 0.25) is 5.91 Å². The van der Waals surface area contributed by atoms with Crippen LogP contribution in [-0.4, -0.2) is 45.1 Å². The number of carboxylic acid groups (broad SMARTS) is 1. The fraction of sp³-hybridized carbons (Fsp3) is 0.385. The zero-order valence-corrected chi connectivity index (χ0v) is 13.8. The number of carbonyl (C=O) groups is 2. The highest BCUT2D eigenvalue weighted by Gasteiger charge is 2.14. The molecule has 2 aromatic rings. The van der Waals surface area contributed by atoms with E-state index in [0.29, 0.717) is 18.8 Å². The fourth-order valence-electron chi connectivity index (χ4n) is 1.80. The van der Waals surface area contributed by atoms with Gasteiger partial charge in [0.05, 0.1) is 16.3 Å². The summed E-state index contributed by atoms with van der Waals surface area (Å²) in [7, 11) is 1.92. The topological polar surface area (TPSA) is 95.4 Å². The molecule has 0 aliphatic carbocycles. The van der Waals surface area contributed by atoms with Crippen molar-refractivity contribution in [1.29, 1.82) is 0 Å². The third kappa shape index (κ3) is 4.33. The molecule has 2 heterocycles. The van der Waals surface area contributed by atoms with Gasteiger partial charge in [0.25, 0.3) is 0 Å². The summed E-state index contributed by atoms with van der Waals surface area (Å²) in [6, 6.07) is 1.60. The Morgan fingerprint density at radius 1 is 1.45 bits per heavy atom. The molecule has 9 heteroatoms. The number of hydrogen-bond donors (Lipinski definition) is 2. The van der Waals surface area contributed by atoms with E-state index in [4.69, 9.17) is 5.11 Å². The number of anilines is 1. The van der Waals surface area contributed by atoms with E-state index in [0.717, 1.165) is 21.9 Å². The zero-order valence-electron chi connectivity index (χ0n) is 12.2. The van der Waals surface area contributed by atoms with Crippen molar-refractivity contribution in [2.75, 3.05) is 18.9 Å². The van der Waals surface area contributed by atoms with Crippen LogP contribution in [0, 0.1) is 6.92 Å². The molecule has 0 aliphatic rings. The van der Waals surface area contributed by atoms with Crippen molar-refractivity contribution in [3.05, 3.63) is 26.9 Å². The second-order valence-corrected chi connectivity index (χ2v) is 6.54. The summed E-state index contributed by atoms with van der Waals surface area (Å²) < 4.78 is 3.88. The minimum Gasteiger partial charge on any atom is -0.477 e. The highest BCUT2D eigenvalue weighted by molar-refractivity contribution is 7.12. The molecule has 2 aromatic heterocycles. The van der Waals surface area contributed by atoms with E-state index in [1.165, 1.54) is 11.5 Å². The molecule has 0 saturated carbocycles. The number of thiophene rings is 1. The molecule has 0 atom stereocenters. The number of nitrogens with zero attached hydrogens (tertiary/aromatic N) is 3. The van der Waals surface area contributed by atoms with Gasteiger partial charge in [0.1, 0.15) is 4.88 Å². The smallest absolute Gasteiger partial charge is 0.348 e. The molecular weight excluding hydrogens is 324 g/mol. The maximum Gasteiger partial charge on any atom is 0.348 e. The molecule has 0 bridgehead atoms. The molecular formula is C13H16N4O3S2. The van der Waals surface area contributed by atoms with Crippen LogP contribution in [0.25, 0.3) is 0 Å². The van der Waals surface area contributed by atoms with E-state index in [1.807, 2.05) is 18.9 Å². The van der Waals surface area contributed by atoms with Crippen molar-refractivity contribution in [3.63, 3.8) is 0 Å². The van der Waals surface area contributed by atoms with E-state index >= 15 is 0 Å². The van der Waals surface area contributed by atoms with Gasteiger partial charge >= 0.3 is 5.97 Å². The Morgan fingerprint density at radius 2 is 2.23 bits per heavy atom. The molecule has 7 nitrogen and oxygen atoms in total. The second-order valence-electron chi connectivity index (χ2n) is 4.79. The summed E-state index contributed by atoms with van der Waals surface area (Å²) in [5, 5.41) is 17.2. The molecule has 0 aromatic carbocycles. The van der Waals surface area contributed by atoms with E-state index in [1.54, 1.807) is 11.4 Å². The van der Waals surface area contributed by atoms with Crippen LogP contribution in [0.3, 0.4) is 0 Å². The molecule has 0 fully saturated rings. The van der Waals surface area contributed by atoms with E-state index in [9.17, 15) is 9.59 Å². The number of hydrogen-bond acceptors (Lipinski definition) is 7. The minimum atomic E-state index is -1.03. The van der Waals surface area contributed by atoms with Crippen molar-refractivity contribution >= 4 is 40.4 Å². The SMILES string of the molecule is Cc1nnsc1CN(C)CCC(=O)Nc1ccsc1C(=O)O. The maximum absolute atomic E-state index is 11.9. The van der Waals surface area contributed by atoms with Gasteiger partial charge in [-0.2, -0.15) is 0 Å². The molecule has 0 radical (unpaired) electrons. The minimum absolute atomic E-state index is 0.146. The molecule has 0 aliphatic heterocycles. The molecule has 1 amide bonds. The first-order chi connectivity index (χ1) is 10.5. The van der Waals surface area contributed by atoms with Gasteiger partial charge < -0.3 is 15.3 Å². The van der Waals surface area contributed by atoms with Crippen LogP contribution in [0.15, 0.2) is 11.4 Å². The van der Waals surface area contributed by atoms with Crippen LogP contribution in [0.5, 0.6) is 0 Å². The van der Waals surface area contributed by atoms with Gasteiger partial charge in [-0.25, -0.2) is 4.79 Å². The van der Waals surface area contributed by atoms with Gasteiger partial charge in [-0.15, -0.1) is 16.4 Å². The molecule has 0 unspecified atom stereocenters. The van der Waals surface area contributed by atoms with Gasteiger partial charge in [0, 0.05) is 19.5 Å². The average molecular weight is 340 g/mol. The second kappa shape index (κ2) is 7.43. The molecule has 2 rings (SSSR count). The van der Waals surface area contributed by atoms with Crippen LogP contribution >= 0.6 is 22.9 Å². The number of nitrogens with one attached hydrogen (secondary N) is 1. The highest BCUT2D eigenvalue weighted by Crippen LogP contribution is 2.22. The van der Waals surface area contributed by atoms with Crippen molar-refractivity contribution < 1.29 is 14.7 Å². The van der Waals surface area contributed by atoms with Crippen LogP contribution in [0.1, 0.15) is 26.7 Å². The Balaban J connectivity index is 1.81. The van der Waals surface area contributed by atoms with Crippen molar-refractivity contribution in [1.82, 2.24) is 14.5 Å². The quantitative estimate of drug-likeness (QED) is 0.801. The standard InChI is InChI=1S/C13H16N4O3S2/c1-8-10(22-16-15-8)7-17(2)5-3-11(18)14-9-4-6-21-12(9)13(19)20/h4,6H,3,5,7H2,1-2H3,(H,14,18)(H,19,20). The van der Waals surface area contributed by atoms with Crippen molar-refractivity contribution in [2.24, 2.45) is 0 Å². The Morgan fingerprint density at radius 3 is 2.86 bits per heavy atom. The first kappa shape index (κ1) is 16.5. The summed E-state index contributed by atoms with van der Waals surface area (Å²) in [6.45, 7) is 3.16. The van der Waals surface area contributed by atoms with Gasteiger partial charge in [0.15, 0.2) is 0 Å². The summed E-state index contributed by atoms with van der Waals surface area (Å²) in [6.07, 6.45) is 0.288. The lowest BCUT2D eigenvalue weighted by molar-refractivity contribution is -0.116. The summed E-state index contributed by atoms with van der Waals surface area (Å²) in [5.41, 5.74) is 1.26. The summed E-state index contributed by atoms with van der Waals surface area (Å²) in [4.78, 5) is 26.1. The molecule has 22 heavy (non-hydrogen) atoms. The number of aromatic carboxylic acids is 1. The maximum atomic E-state index is 11.9. The zero-order chi connectivity index (χ0) is 16.1. The lowest BCUT2D eigenvalue weighted by Crippen LogP contribution is -2.24. The lowest BCUT2D eigenvalue weighted by Gasteiger charge is -2.15. The third-order valence-electron chi connectivity index (χ3n) is 3.01. The Labute approximate surface area is 135 Å². The molecule has 118 valence electrons. The monoisotopic (exact) mass is 340 g/mol. The van der Waals surface area contributed by atoms with Crippen LogP contribution in [0.2, 0.25) is 0 Å². The first-order valence-electron chi connectivity index (χ1n) is 6.54. The largest absolute Gasteiger partial charge is 0.477 e. The van der Waals surface area contributed by atoms with E-state index in [2.05, 4.69) is 14.9 Å². The number of rotatable bonds is 7. The van der Waals surface area contributed by atoms with Crippen molar-refractivity contribution in [2.45, 2.75) is 19.9 Å². The summed E-state index contributed by atoms with van der Waals surface area (Å²) in [5.74, 6) is -1.23. The number of aryl methyl sites for hydroxylation is 1. The predicted octanol–water partition coefficient (Wildman–Crippen LogP) is 2.07. The van der Waals surface area contributed by atoms with Gasteiger partial charge in [-0.1, -0.05) is 4.49 Å². The fourth-order valence-corrected chi connectivity index (χ4v) is 3.20. The Hall–Kier alpha value is -1.84. The Kier molecular flexibility index (Phi) is 5.58. The van der Waals surface area contributed by atoms with E-state index in [-0.39, 0.29) is 17.2 Å². The predicted molar refractivity (Wildman–Crippen MR) is 85.5 cm³/mol. The Bertz CT molecular complexity index is 668. The number of carboxylic acids is 1. The summed E-state index contributed by atoms with van der Waals surface area (Å²) >= 11 is 2.45. The van der Waals surface area contributed by atoms with Crippen LogP contribution < -0.4 is 5.32 Å². The van der Waals surface area contributed by atoms with E-state index < -0.39 is 5.97 Å². The number of aromatic nitrogens is 2. The molecule has 2 N–H and O–H groups in total. The third-order valence-corrected chi connectivity index (χ3v) is 4.72. The van der Waals surface area contributed by atoms with Gasteiger partial charge in [-0.05, 0) is 37.0 Å². The first-order valence-corrected chi connectivity index (χ1v) is 8.19. The lowest BCUT2D eigenvalue weighted by atomic mass is 10.3.